The molecule has 0 bridgehead atoms. The number of aromatic hydroxyl groups is 2. The average Bonchev–Trinajstić information content (AvgIpc) is 3.09. The fourth-order valence-corrected chi connectivity index (χ4v) is 3.49. The second-order valence-corrected chi connectivity index (χ2v) is 6.99. The number of carbonyl (C=O) groups excluding carboxylic acids is 1. The van der Waals surface area contributed by atoms with Crippen LogP contribution in [0.15, 0.2) is 42.7 Å². The highest BCUT2D eigenvalue weighted by Crippen LogP contribution is 2.37. The molecule has 3 aromatic rings. The van der Waals surface area contributed by atoms with E-state index in [1.807, 2.05) is 35.0 Å². The number of hydrogen-bond acceptors (Lipinski definition) is 5. The summed E-state index contributed by atoms with van der Waals surface area (Å²) >= 11 is 12.2. The predicted molar refractivity (Wildman–Crippen MR) is 106 cm³/mol. The van der Waals surface area contributed by atoms with Gasteiger partial charge in [0.1, 0.15) is 22.9 Å². The monoisotopic (exact) mass is 420 g/mol. The number of ether oxygens (including phenoxy) is 1. The number of esters is 1. The highest BCUT2D eigenvalue weighted by atomic mass is 35.5. The van der Waals surface area contributed by atoms with Crippen molar-refractivity contribution in [3.8, 4) is 11.5 Å². The van der Waals surface area contributed by atoms with Crippen LogP contribution in [-0.4, -0.2) is 32.8 Å². The molecule has 0 amide bonds. The Morgan fingerprint density at radius 3 is 2.68 bits per heavy atom. The number of methoxy groups -OCH3 is 1. The number of rotatable bonds is 6. The minimum Gasteiger partial charge on any atom is -0.507 e. The third-order valence-electron chi connectivity index (χ3n) is 4.35. The first-order valence-corrected chi connectivity index (χ1v) is 9.22. The normalized spacial score (nSPS) is 10.8. The molecule has 3 rings (SSSR count). The standard InChI is InChI=1S/C20H18Cl2N2O4/c1-28-20(27)18-14(19(22)16(26)10-15(18)25)5-6-17-23-7-8-24(17)11-12-3-2-4-13(21)9-12/h2-4,7-10,25-26H,5-6,11H2,1H3. The van der Waals surface area contributed by atoms with Crippen molar-refractivity contribution in [1.29, 1.82) is 0 Å². The molecule has 1 aromatic heterocycles. The molecule has 146 valence electrons. The molecule has 0 saturated carbocycles. The number of aryl methyl sites for hydroxylation is 1. The van der Waals surface area contributed by atoms with E-state index < -0.39 is 5.97 Å². The number of phenolic OH excluding ortho intramolecular Hbond substituents is 2. The molecule has 0 aliphatic heterocycles. The van der Waals surface area contributed by atoms with Gasteiger partial charge in [-0.15, -0.1) is 0 Å². The number of hydrogen-bond donors (Lipinski definition) is 2. The zero-order valence-corrected chi connectivity index (χ0v) is 16.5. The van der Waals surface area contributed by atoms with Crippen LogP contribution in [0.2, 0.25) is 10.0 Å². The molecular formula is C20H18Cl2N2O4. The second kappa shape index (κ2) is 8.54. The molecule has 28 heavy (non-hydrogen) atoms. The largest absolute Gasteiger partial charge is 0.507 e. The van der Waals surface area contributed by atoms with Crippen molar-refractivity contribution >= 4 is 29.2 Å². The Morgan fingerprint density at radius 1 is 1.18 bits per heavy atom. The zero-order chi connectivity index (χ0) is 20.3. The van der Waals surface area contributed by atoms with E-state index in [-0.39, 0.29) is 28.5 Å². The third-order valence-corrected chi connectivity index (χ3v) is 5.01. The third kappa shape index (κ3) is 4.24. The Labute approximate surface area is 171 Å². The topological polar surface area (TPSA) is 84.6 Å². The molecule has 1 heterocycles. The van der Waals surface area contributed by atoms with E-state index in [2.05, 4.69) is 4.98 Å². The molecule has 0 spiro atoms. The molecule has 0 atom stereocenters. The molecule has 0 aliphatic carbocycles. The maximum Gasteiger partial charge on any atom is 0.341 e. The first kappa shape index (κ1) is 20.0. The molecule has 8 heteroatoms. The lowest BCUT2D eigenvalue weighted by Gasteiger charge is -2.14. The first-order valence-electron chi connectivity index (χ1n) is 8.46. The van der Waals surface area contributed by atoms with Gasteiger partial charge in [-0.2, -0.15) is 0 Å². The van der Waals surface area contributed by atoms with Crippen LogP contribution in [0.1, 0.15) is 27.3 Å². The van der Waals surface area contributed by atoms with Gasteiger partial charge in [0.05, 0.1) is 12.1 Å². The van der Waals surface area contributed by atoms with Crippen LogP contribution in [0, 0.1) is 0 Å². The Morgan fingerprint density at radius 2 is 1.96 bits per heavy atom. The van der Waals surface area contributed by atoms with Crippen molar-refractivity contribution < 1.29 is 19.7 Å². The summed E-state index contributed by atoms with van der Waals surface area (Å²) in [5.41, 5.74) is 1.27. The van der Waals surface area contributed by atoms with E-state index in [4.69, 9.17) is 27.9 Å². The molecule has 0 fully saturated rings. The van der Waals surface area contributed by atoms with Gasteiger partial charge in [-0.1, -0.05) is 35.3 Å². The molecular weight excluding hydrogens is 403 g/mol. The maximum atomic E-state index is 12.1. The van der Waals surface area contributed by atoms with Crippen molar-refractivity contribution in [2.45, 2.75) is 19.4 Å². The summed E-state index contributed by atoms with van der Waals surface area (Å²) in [7, 11) is 1.21. The molecule has 0 saturated heterocycles. The van der Waals surface area contributed by atoms with Gasteiger partial charge < -0.3 is 19.5 Å². The summed E-state index contributed by atoms with van der Waals surface area (Å²) in [6.07, 6.45) is 4.24. The summed E-state index contributed by atoms with van der Waals surface area (Å²) in [5, 5.41) is 20.7. The predicted octanol–water partition coefficient (Wildman–Crippen LogP) is 4.22. The summed E-state index contributed by atoms with van der Waals surface area (Å²) < 4.78 is 6.69. The molecule has 2 N–H and O–H groups in total. The lowest BCUT2D eigenvalue weighted by molar-refractivity contribution is 0.0596. The first-order chi connectivity index (χ1) is 13.4. The summed E-state index contributed by atoms with van der Waals surface area (Å²) in [6, 6.07) is 8.56. The van der Waals surface area contributed by atoms with Crippen molar-refractivity contribution in [2.75, 3.05) is 7.11 Å². The number of halogens is 2. The van der Waals surface area contributed by atoms with Gasteiger partial charge in [-0.3, -0.25) is 0 Å². The summed E-state index contributed by atoms with van der Waals surface area (Å²) in [4.78, 5) is 16.4. The average molecular weight is 421 g/mol. The number of carbonyl (C=O) groups is 1. The van der Waals surface area contributed by atoms with Crippen LogP contribution in [-0.2, 0) is 24.1 Å². The Hall–Kier alpha value is -2.70. The van der Waals surface area contributed by atoms with E-state index in [9.17, 15) is 15.0 Å². The van der Waals surface area contributed by atoms with E-state index in [0.29, 0.717) is 23.6 Å². The van der Waals surface area contributed by atoms with Crippen LogP contribution in [0.3, 0.4) is 0 Å². The highest BCUT2D eigenvalue weighted by Gasteiger charge is 2.23. The van der Waals surface area contributed by atoms with Gasteiger partial charge in [-0.05, 0) is 29.7 Å². The van der Waals surface area contributed by atoms with Gasteiger partial charge in [-0.25, -0.2) is 9.78 Å². The number of nitrogens with zero attached hydrogens (tertiary/aromatic N) is 2. The quantitative estimate of drug-likeness (QED) is 0.583. The maximum absolute atomic E-state index is 12.1. The number of benzene rings is 2. The van der Waals surface area contributed by atoms with Crippen molar-refractivity contribution in [3.05, 3.63) is 75.3 Å². The van der Waals surface area contributed by atoms with Crippen LogP contribution in [0.25, 0.3) is 0 Å². The van der Waals surface area contributed by atoms with Crippen LogP contribution in [0.4, 0.5) is 0 Å². The number of aromatic nitrogens is 2. The molecule has 0 unspecified atom stereocenters. The van der Waals surface area contributed by atoms with Crippen LogP contribution >= 0.6 is 23.2 Å². The minimum atomic E-state index is -0.725. The Balaban J connectivity index is 1.86. The fourth-order valence-electron chi connectivity index (χ4n) is 3.03. The fraction of sp³-hybridized carbons (Fsp3) is 0.200. The van der Waals surface area contributed by atoms with E-state index in [0.717, 1.165) is 17.5 Å². The minimum absolute atomic E-state index is 0.00569. The van der Waals surface area contributed by atoms with Crippen molar-refractivity contribution in [2.24, 2.45) is 0 Å². The second-order valence-electron chi connectivity index (χ2n) is 6.18. The Kier molecular flexibility index (Phi) is 6.11. The van der Waals surface area contributed by atoms with Gasteiger partial charge in [0.25, 0.3) is 0 Å². The zero-order valence-electron chi connectivity index (χ0n) is 15.0. The number of phenols is 2. The molecule has 0 aliphatic rings. The van der Waals surface area contributed by atoms with Gasteiger partial charge >= 0.3 is 5.97 Å². The van der Waals surface area contributed by atoms with Gasteiger partial charge in [0.15, 0.2) is 0 Å². The van der Waals surface area contributed by atoms with Gasteiger partial charge in [0, 0.05) is 36.4 Å². The van der Waals surface area contributed by atoms with E-state index >= 15 is 0 Å². The molecule has 6 nitrogen and oxygen atoms in total. The SMILES string of the molecule is COC(=O)c1c(O)cc(O)c(Cl)c1CCc1nccn1Cc1cccc(Cl)c1. The van der Waals surface area contributed by atoms with Gasteiger partial charge in [0.2, 0.25) is 0 Å². The molecule has 0 radical (unpaired) electrons. The van der Waals surface area contributed by atoms with E-state index in [1.54, 1.807) is 6.20 Å². The highest BCUT2D eigenvalue weighted by molar-refractivity contribution is 6.33. The smallest absolute Gasteiger partial charge is 0.341 e. The Bertz CT molecular complexity index is 1020. The number of imidazole rings is 1. The van der Waals surface area contributed by atoms with Crippen LogP contribution < -0.4 is 0 Å². The van der Waals surface area contributed by atoms with Crippen LogP contribution in [0.5, 0.6) is 11.5 Å². The molecule has 2 aromatic carbocycles. The summed E-state index contributed by atoms with van der Waals surface area (Å²) in [6.45, 7) is 0.582. The lowest BCUT2D eigenvalue weighted by Crippen LogP contribution is -2.10. The van der Waals surface area contributed by atoms with E-state index in [1.165, 1.54) is 7.11 Å². The van der Waals surface area contributed by atoms with Crippen molar-refractivity contribution in [1.82, 2.24) is 9.55 Å². The summed E-state index contributed by atoms with van der Waals surface area (Å²) in [5.74, 6) is -0.651. The lowest BCUT2D eigenvalue weighted by atomic mass is 10.0. The van der Waals surface area contributed by atoms with Crippen molar-refractivity contribution in [3.63, 3.8) is 0 Å².